The van der Waals surface area contributed by atoms with Crippen molar-refractivity contribution in [1.82, 2.24) is 0 Å². The van der Waals surface area contributed by atoms with E-state index in [1.54, 1.807) is 42.5 Å². The monoisotopic (exact) mass is 1440 g/mol. The summed E-state index contributed by atoms with van der Waals surface area (Å²) in [5, 5.41) is 154. The maximum Gasteiger partial charge on any atom is 0.238 e. The van der Waals surface area contributed by atoms with E-state index >= 15 is 0 Å². The first-order valence-corrected chi connectivity index (χ1v) is 30.8. The van der Waals surface area contributed by atoms with Crippen molar-refractivity contribution in [3.05, 3.63) is 245 Å². The van der Waals surface area contributed by atoms with Crippen molar-refractivity contribution in [3.8, 4) is 160 Å². The van der Waals surface area contributed by atoms with E-state index in [1.807, 2.05) is 6.92 Å². The number of benzene rings is 10. The van der Waals surface area contributed by atoms with Crippen LogP contribution in [-0.2, 0) is 0 Å². The molecule has 15 aromatic rings. The Morgan fingerprint density at radius 3 is 1.10 bits per heavy atom. The van der Waals surface area contributed by atoms with Crippen LogP contribution in [0.4, 0.5) is 0 Å². The number of ether oxygens (including phenoxy) is 2. The Kier molecular flexibility index (Phi) is 20.0. The molecule has 0 amide bonds. The molecule has 0 saturated carbocycles. The third-order valence-electron chi connectivity index (χ3n) is 15.9. The van der Waals surface area contributed by atoms with E-state index in [1.165, 1.54) is 129 Å². The summed E-state index contributed by atoms with van der Waals surface area (Å²) < 4.78 is 37.7. The van der Waals surface area contributed by atoms with Gasteiger partial charge in [-0.25, -0.2) is 0 Å². The number of aryl methyl sites for hydroxylation is 1. The first kappa shape index (κ1) is 71.9. The van der Waals surface area contributed by atoms with Gasteiger partial charge in [0.15, 0.2) is 51.1 Å². The predicted octanol–water partition coefficient (Wildman–Crippen LogP) is 12.9. The second-order valence-electron chi connectivity index (χ2n) is 23.0. The minimum atomic E-state index is -0.842. The fourth-order valence-electron chi connectivity index (χ4n) is 10.7. The van der Waals surface area contributed by atoms with Crippen molar-refractivity contribution >= 4 is 54.8 Å². The van der Waals surface area contributed by atoms with Crippen molar-refractivity contribution < 1.29 is 113 Å². The van der Waals surface area contributed by atoms with Gasteiger partial charge in [0.2, 0.25) is 33.5 Å². The molecule has 0 radical (unpaired) electrons. The summed E-state index contributed by atoms with van der Waals surface area (Å²) in [4.78, 5) is 60.6. The molecule has 0 aliphatic carbocycles. The first-order chi connectivity index (χ1) is 50.5. The molecule has 0 atom stereocenters. The van der Waals surface area contributed by atoms with Crippen LogP contribution in [0.2, 0.25) is 0 Å². The van der Waals surface area contributed by atoms with Gasteiger partial charge in [-0.05, 0) is 128 Å². The molecule has 28 nitrogen and oxygen atoms in total. The van der Waals surface area contributed by atoms with E-state index in [-0.39, 0.29) is 147 Å². The molecule has 0 aliphatic heterocycles. The Bertz CT molecular complexity index is 6110. The van der Waals surface area contributed by atoms with Gasteiger partial charge in [-0.15, -0.1) is 0 Å². The molecular weight excluding hydrogens is 1380 g/mol. The Labute approximate surface area is 591 Å². The van der Waals surface area contributed by atoms with Gasteiger partial charge in [-0.1, -0.05) is 12.1 Å². The third-order valence-corrected chi connectivity index (χ3v) is 15.9. The molecular formula is C78H56O28. The van der Waals surface area contributed by atoms with Gasteiger partial charge in [-0.2, -0.15) is 0 Å². The van der Waals surface area contributed by atoms with Gasteiger partial charge < -0.3 is 113 Å². The van der Waals surface area contributed by atoms with Crippen LogP contribution in [0.15, 0.2) is 234 Å². The van der Waals surface area contributed by atoms with Gasteiger partial charge >= 0.3 is 0 Å². The molecule has 10 aromatic carbocycles. The van der Waals surface area contributed by atoms with Gasteiger partial charge in [0, 0.05) is 88.5 Å². The molecule has 536 valence electrons. The van der Waals surface area contributed by atoms with Crippen LogP contribution in [0.25, 0.3) is 111 Å². The smallest absolute Gasteiger partial charge is 0.238 e. The number of rotatable bonds is 7. The molecule has 5 aromatic heterocycles. The SMILES string of the molecule is COc1cc(-c2oc3cc(O)cc(O)c3c(=O)c2O)ccc1C.COc1cc(-c2oc3cc(O)cc(O)c3c(=O)c2O)ccc1O.O=c1c(O)c(-c2ccc(O)c(O)c2)oc2cc(O)ccc12.O=c1cc(-c2ccc(O)cc2)oc2cc(O)cc(O)c12.O=c1cc(-c2ccc(O)cc2)oc2cc(O)ccc12. The zero-order chi connectivity index (χ0) is 76.3. The second-order valence-corrected chi connectivity index (χ2v) is 23.0. The summed E-state index contributed by atoms with van der Waals surface area (Å²) in [6, 6.07) is 43.0. The summed E-state index contributed by atoms with van der Waals surface area (Å²) in [6.07, 6.45) is 0. The molecule has 0 spiro atoms. The van der Waals surface area contributed by atoms with Crippen molar-refractivity contribution in [1.29, 1.82) is 0 Å². The molecule has 28 heteroatoms. The summed E-state index contributed by atoms with van der Waals surface area (Å²) in [6.45, 7) is 1.86. The minimum Gasteiger partial charge on any atom is -0.508 e. The van der Waals surface area contributed by atoms with E-state index in [4.69, 9.17) is 31.6 Å². The highest BCUT2D eigenvalue weighted by atomic mass is 16.5. The van der Waals surface area contributed by atoms with Crippen molar-refractivity contribution in [2.75, 3.05) is 14.2 Å². The summed E-state index contributed by atoms with van der Waals surface area (Å²) in [5.41, 5.74) is 0.634. The first-order valence-electron chi connectivity index (χ1n) is 30.8. The van der Waals surface area contributed by atoms with Crippen LogP contribution in [0.5, 0.6) is 103 Å². The number of phenolic OH excluding ortho intramolecular Hbond substituents is 13. The molecule has 106 heavy (non-hydrogen) atoms. The number of fused-ring (bicyclic) bond motifs is 5. The van der Waals surface area contributed by atoms with Gasteiger partial charge in [0.25, 0.3) is 0 Å². The van der Waals surface area contributed by atoms with Gasteiger partial charge in [-0.3, -0.25) is 24.0 Å². The van der Waals surface area contributed by atoms with Crippen molar-refractivity contribution in [3.63, 3.8) is 0 Å². The van der Waals surface area contributed by atoms with Crippen molar-refractivity contribution in [2.24, 2.45) is 0 Å². The van der Waals surface area contributed by atoms with E-state index in [9.17, 15) is 106 Å². The number of methoxy groups -OCH3 is 2. The topological polar surface area (TPSA) is 493 Å². The average molecular weight is 1440 g/mol. The van der Waals surface area contributed by atoms with E-state index in [2.05, 4.69) is 0 Å². The lowest BCUT2D eigenvalue weighted by molar-refractivity contribution is 0.373. The van der Waals surface area contributed by atoms with Gasteiger partial charge in [0.05, 0.1) is 25.0 Å². The molecule has 0 bridgehead atoms. The molecule has 0 unspecified atom stereocenters. The van der Waals surface area contributed by atoms with Crippen LogP contribution >= 0.6 is 0 Å². The number of hydrogen-bond acceptors (Lipinski definition) is 28. The highest BCUT2D eigenvalue weighted by molar-refractivity contribution is 5.91. The maximum atomic E-state index is 12.3. The highest BCUT2D eigenvalue weighted by Crippen LogP contribution is 2.41. The van der Waals surface area contributed by atoms with Crippen LogP contribution in [0.3, 0.4) is 0 Å². The largest absolute Gasteiger partial charge is 0.508 e. The fourth-order valence-corrected chi connectivity index (χ4v) is 10.7. The summed E-state index contributed by atoms with van der Waals surface area (Å²) in [5.74, 6) is -3.65. The minimum absolute atomic E-state index is 0.0188. The molecule has 0 fully saturated rings. The quantitative estimate of drug-likeness (QED) is 0.0659. The molecule has 0 aliphatic rings. The van der Waals surface area contributed by atoms with E-state index in [0.717, 1.165) is 35.9 Å². The molecule has 5 heterocycles. The Balaban J connectivity index is 0.000000132. The molecule has 15 rings (SSSR count). The Hall–Kier alpha value is -15.4. The normalized spacial score (nSPS) is 10.8. The zero-order valence-electron chi connectivity index (χ0n) is 55.0. The lowest BCUT2D eigenvalue weighted by atomic mass is 10.1. The molecule has 0 saturated heterocycles. The highest BCUT2D eigenvalue weighted by Gasteiger charge is 2.23. The zero-order valence-corrected chi connectivity index (χ0v) is 55.0. The lowest BCUT2D eigenvalue weighted by Gasteiger charge is -2.10. The predicted molar refractivity (Wildman–Crippen MR) is 384 cm³/mol. The number of aromatic hydroxyl groups is 16. The Morgan fingerprint density at radius 1 is 0.264 bits per heavy atom. The van der Waals surface area contributed by atoms with E-state index in [0.29, 0.717) is 39.2 Å². The third kappa shape index (κ3) is 14.9. The van der Waals surface area contributed by atoms with Crippen LogP contribution in [-0.4, -0.2) is 95.9 Å². The lowest BCUT2D eigenvalue weighted by Crippen LogP contribution is -2.03. The standard InChI is InChI=1S/C17H14O6.C16H12O7.C15H10O6.C15H10O5.C15H10O4/c1-8-3-4-9(5-12(8)22-2)17-16(21)15(20)14-11(19)6-10(18)7-13(14)23-17;1-22-11-4-7(2-3-9(11)18)16-15(21)14(20)13-10(19)5-8(17)6-12(13)23-16;16-8-2-3-9-12(6-8)21-15(14(20)13(9)19)7-1-4-10(17)11(18)5-7;16-9-3-1-8(2-4-9)13-7-12(19)15-11(18)5-10(17)6-14(15)20-13;16-10-3-1-9(2-4-10)14-8-13(18)12-6-5-11(17)7-15(12)19-14/h3-7,18-19,21H,1-2H3;2-6,17-19,21H,1H3;1-6,16-18,20H;1-7,16-18H;1-8,16-17H. The average Bonchev–Trinajstić information content (AvgIpc) is 0.775. The number of hydrogen-bond donors (Lipinski definition) is 16. The molecule has 16 N–H and O–H groups in total. The second kappa shape index (κ2) is 29.5. The number of phenols is 13. The van der Waals surface area contributed by atoms with Gasteiger partial charge in [0.1, 0.15) is 119 Å². The van der Waals surface area contributed by atoms with Crippen molar-refractivity contribution in [2.45, 2.75) is 6.92 Å². The van der Waals surface area contributed by atoms with E-state index < -0.39 is 56.2 Å². The van der Waals surface area contributed by atoms with Crippen LogP contribution < -0.4 is 36.6 Å². The summed E-state index contributed by atoms with van der Waals surface area (Å²) >= 11 is 0. The van der Waals surface area contributed by atoms with Crippen LogP contribution in [0.1, 0.15) is 5.56 Å². The summed E-state index contributed by atoms with van der Waals surface area (Å²) in [7, 11) is 2.87. The fraction of sp³-hybridized carbons (Fsp3) is 0.0385. The maximum absolute atomic E-state index is 12.3. The van der Waals surface area contributed by atoms with Crippen LogP contribution in [0, 0.1) is 6.92 Å². The Morgan fingerprint density at radius 2 is 0.623 bits per heavy atom.